The van der Waals surface area contributed by atoms with Gasteiger partial charge >= 0.3 is 6.09 Å². The molecule has 1 aromatic heterocycles. The van der Waals surface area contributed by atoms with Crippen LogP contribution in [-0.4, -0.2) is 38.8 Å². The number of hydrogen-bond donors (Lipinski definition) is 2. The van der Waals surface area contributed by atoms with Gasteiger partial charge in [-0.05, 0) is 25.1 Å². The first kappa shape index (κ1) is 16.8. The van der Waals surface area contributed by atoms with E-state index in [0.29, 0.717) is 23.1 Å². The molecule has 0 spiro atoms. The number of carboxylic acid groups (broad SMARTS) is 1. The molecule has 27 heavy (non-hydrogen) atoms. The molecule has 136 valence electrons. The molecule has 3 aromatic rings. The van der Waals surface area contributed by atoms with Gasteiger partial charge in [0.25, 0.3) is 0 Å². The van der Waals surface area contributed by atoms with Crippen molar-refractivity contribution in [1.29, 1.82) is 0 Å². The molecule has 8 nitrogen and oxygen atoms in total. The van der Waals surface area contributed by atoms with Crippen LogP contribution in [0.25, 0.3) is 5.69 Å². The lowest BCUT2D eigenvalue weighted by molar-refractivity contribution is 0.189. The van der Waals surface area contributed by atoms with Crippen LogP contribution in [0.4, 0.5) is 4.79 Å². The Morgan fingerprint density at radius 2 is 2.00 bits per heavy atom. The fourth-order valence-corrected chi connectivity index (χ4v) is 3.19. The minimum Gasteiger partial charge on any atom is -0.497 e. The molecule has 1 atom stereocenters. The third kappa shape index (κ3) is 2.91. The molecular weight excluding hydrogens is 346 g/mol. The summed E-state index contributed by atoms with van der Waals surface area (Å²) in [6, 6.07) is 15.2. The lowest BCUT2D eigenvalue weighted by Gasteiger charge is -2.12. The molecule has 0 fully saturated rings. The highest BCUT2D eigenvalue weighted by Crippen LogP contribution is 2.30. The summed E-state index contributed by atoms with van der Waals surface area (Å²) in [6.45, 7) is 1.82. The van der Waals surface area contributed by atoms with E-state index in [-0.39, 0.29) is 0 Å². The number of amides is 1. The minimum atomic E-state index is -1.19. The third-order valence-corrected chi connectivity index (χ3v) is 4.36. The molecule has 0 bridgehead atoms. The Morgan fingerprint density at radius 3 is 2.78 bits per heavy atom. The summed E-state index contributed by atoms with van der Waals surface area (Å²) in [7, 11) is 1.60. The second-order valence-electron chi connectivity index (χ2n) is 6.02. The van der Waals surface area contributed by atoms with Crippen LogP contribution in [-0.2, 0) is 0 Å². The summed E-state index contributed by atoms with van der Waals surface area (Å²) in [4.78, 5) is 16.1. The van der Waals surface area contributed by atoms with Crippen molar-refractivity contribution in [2.24, 2.45) is 4.99 Å². The third-order valence-electron chi connectivity index (χ3n) is 4.36. The lowest BCUT2D eigenvalue weighted by Crippen LogP contribution is -2.27. The maximum Gasteiger partial charge on any atom is 0.406 e. The van der Waals surface area contributed by atoms with Crippen molar-refractivity contribution >= 4 is 11.8 Å². The van der Waals surface area contributed by atoms with Crippen molar-refractivity contribution in [1.82, 2.24) is 20.1 Å². The van der Waals surface area contributed by atoms with Crippen LogP contribution in [0.3, 0.4) is 0 Å². The number of aryl methyl sites for hydroxylation is 1. The Morgan fingerprint density at radius 1 is 1.19 bits per heavy atom. The number of hydrogen-bond acceptors (Lipinski definition) is 5. The number of methoxy groups -OCH3 is 1. The van der Waals surface area contributed by atoms with Gasteiger partial charge in [0.2, 0.25) is 0 Å². The zero-order valence-corrected chi connectivity index (χ0v) is 14.7. The fourth-order valence-electron chi connectivity index (χ4n) is 3.19. The number of fused-ring (bicyclic) bond motifs is 3. The summed E-state index contributed by atoms with van der Waals surface area (Å²) in [5.41, 5.74) is 3.15. The molecule has 4 rings (SSSR count). The van der Waals surface area contributed by atoms with Crippen LogP contribution < -0.4 is 10.1 Å². The molecule has 1 aliphatic heterocycles. The van der Waals surface area contributed by atoms with E-state index in [1.54, 1.807) is 7.11 Å². The van der Waals surface area contributed by atoms with Gasteiger partial charge in [-0.3, -0.25) is 14.9 Å². The van der Waals surface area contributed by atoms with Gasteiger partial charge in [-0.1, -0.05) is 30.3 Å². The number of aliphatic imine (C=N–C) groups is 1. The zero-order chi connectivity index (χ0) is 19.0. The van der Waals surface area contributed by atoms with Gasteiger partial charge in [-0.2, -0.15) is 0 Å². The van der Waals surface area contributed by atoms with E-state index in [0.717, 1.165) is 16.8 Å². The number of benzene rings is 2. The van der Waals surface area contributed by atoms with Crippen molar-refractivity contribution in [2.45, 2.75) is 13.1 Å². The Balaban J connectivity index is 1.99. The standard InChI is InChI=1S/C19H17N5O3/c1-11-22-23-18-17(21-19(25)26)20-16(12-6-5-7-13(10-12)27-2)14-8-3-4-9-15(14)24(11)18/h3-10,17,21H,1-2H3,(H,25,26). The van der Waals surface area contributed by atoms with E-state index in [1.165, 1.54) is 0 Å². The summed E-state index contributed by atoms with van der Waals surface area (Å²) >= 11 is 0. The minimum absolute atomic E-state index is 0.417. The van der Waals surface area contributed by atoms with Crippen LogP contribution in [0.5, 0.6) is 5.75 Å². The van der Waals surface area contributed by atoms with Crippen LogP contribution in [0.2, 0.25) is 0 Å². The molecule has 0 radical (unpaired) electrons. The first-order valence-electron chi connectivity index (χ1n) is 8.32. The van der Waals surface area contributed by atoms with Crippen LogP contribution in [0.1, 0.15) is 28.9 Å². The molecule has 1 aliphatic rings. The van der Waals surface area contributed by atoms with Gasteiger partial charge in [0.1, 0.15) is 11.6 Å². The van der Waals surface area contributed by atoms with E-state index in [9.17, 15) is 9.90 Å². The Labute approximate surface area is 155 Å². The summed E-state index contributed by atoms with van der Waals surface area (Å²) < 4.78 is 7.16. The number of nitrogens with one attached hydrogen (secondary N) is 1. The quantitative estimate of drug-likeness (QED) is 0.745. The molecule has 2 aromatic carbocycles. The van der Waals surface area contributed by atoms with Crippen LogP contribution >= 0.6 is 0 Å². The number of ether oxygens (including phenoxy) is 1. The van der Waals surface area contributed by atoms with Gasteiger partial charge < -0.3 is 9.84 Å². The molecule has 1 unspecified atom stereocenters. The highest BCUT2D eigenvalue weighted by Gasteiger charge is 2.28. The van der Waals surface area contributed by atoms with Crippen molar-refractivity contribution in [2.75, 3.05) is 7.11 Å². The van der Waals surface area contributed by atoms with Gasteiger partial charge in [0.05, 0.1) is 18.5 Å². The van der Waals surface area contributed by atoms with Crippen molar-refractivity contribution < 1.29 is 14.6 Å². The molecule has 0 saturated carbocycles. The van der Waals surface area contributed by atoms with Crippen molar-refractivity contribution in [3.8, 4) is 11.4 Å². The van der Waals surface area contributed by atoms with Crippen LogP contribution in [0, 0.1) is 6.92 Å². The lowest BCUT2D eigenvalue weighted by atomic mass is 10.00. The topological polar surface area (TPSA) is 102 Å². The number of carbonyl (C=O) groups is 1. The van der Waals surface area contributed by atoms with E-state index in [2.05, 4.69) is 15.5 Å². The number of nitrogens with zero attached hydrogens (tertiary/aromatic N) is 4. The first-order chi connectivity index (χ1) is 13.1. The summed E-state index contributed by atoms with van der Waals surface area (Å²) in [6.07, 6.45) is -2.08. The van der Waals surface area contributed by atoms with Crippen LogP contribution in [0.15, 0.2) is 53.5 Å². The molecule has 2 N–H and O–H groups in total. The second-order valence-corrected chi connectivity index (χ2v) is 6.02. The van der Waals surface area contributed by atoms with Crippen molar-refractivity contribution in [3.05, 3.63) is 71.3 Å². The molecule has 0 aliphatic carbocycles. The highest BCUT2D eigenvalue weighted by molar-refractivity contribution is 6.15. The number of rotatable bonds is 3. The molecule has 1 amide bonds. The Hall–Kier alpha value is -3.68. The number of para-hydroxylation sites is 1. The van der Waals surface area contributed by atoms with E-state index in [1.807, 2.05) is 60.0 Å². The fraction of sp³-hybridized carbons (Fsp3) is 0.158. The highest BCUT2D eigenvalue weighted by atomic mass is 16.5. The molecular formula is C19H17N5O3. The van der Waals surface area contributed by atoms with Gasteiger partial charge in [-0.15, -0.1) is 10.2 Å². The maximum atomic E-state index is 11.4. The summed E-state index contributed by atoms with van der Waals surface area (Å²) in [5, 5.41) is 20.0. The van der Waals surface area contributed by atoms with E-state index in [4.69, 9.17) is 9.73 Å². The monoisotopic (exact) mass is 363 g/mol. The maximum absolute atomic E-state index is 11.4. The first-order valence-corrected chi connectivity index (χ1v) is 8.32. The Kier molecular flexibility index (Phi) is 4.08. The summed E-state index contributed by atoms with van der Waals surface area (Å²) in [5.74, 6) is 1.76. The average Bonchev–Trinajstić information content (AvgIpc) is 2.99. The molecule has 0 saturated heterocycles. The second kappa shape index (κ2) is 6.56. The predicted octanol–water partition coefficient (Wildman–Crippen LogP) is 2.70. The Bertz CT molecular complexity index is 1060. The average molecular weight is 363 g/mol. The zero-order valence-electron chi connectivity index (χ0n) is 14.7. The van der Waals surface area contributed by atoms with E-state index < -0.39 is 12.3 Å². The molecule has 8 heteroatoms. The molecule has 2 heterocycles. The SMILES string of the molecule is COc1cccc(C2=NC(NC(=O)O)c3nnc(C)n3-c3ccccc32)c1. The van der Waals surface area contributed by atoms with Gasteiger partial charge in [0.15, 0.2) is 12.0 Å². The smallest absolute Gasteiger partial charge is 0.406 e. The number of aromatic nitrogens is 3. The van der Waals surface area contributed by atoms with Crippen molar-refractivity contribution in [3.63, 3.8) is 0 Å². The largest absolute Gasteiger partial charge is 0.497 e. The normalized spacial score (nSPS) is 15.2. The van der Waals surface area contributed by atoms with E-state index >= 15 is 0 Å². The van der Waals surface area contributed by atoms with Gasteiger partial charge in [0, 0.05) is 11.1 Å². The van der Waals surface area contributed by atoms with Gasteiger partial charge in [-0.25, -0.2) is 4.79 Å². The predicted molar refractivity (Wildman–Crippen MR) is 98.6 cm³/mol.